The maximum Gasteiger partial charge on any atom is 0.167 e. The smallest absolute Gasteiger partial charge is 0.167 e. The quantitative estimate of drug-likeness (QED) is 0.691. The lowest BCUT2D eigenvalue weighted by Crippen LogP contribution is -2.17. The van der Waals surface area contributed by atoms with Crippen LogP contribution in [-0.4, -0.2) is 10.8 Å². The molecule has 2 atom stereocenters. The van der Waals surface area contributed by atoms with Crippen LogP contribution in [0.4, 0.5) is 0 Å². The number of rotatable bonds is 2. The number of aromatic nitrogens is 1. The summed E-state index contributed by atoms with van der Waals surface area (Å²) in [5.41, 5.74) is 1.74. The Labute approximate surface area is 90.7 Å². The third kappa shape index (κ3) is 2.09. The lowest BCUT2D eigenvalue weighted by molar-refractivity contribution is 0.0896. The SMILES string of the molecule is Cc1ccc(C(=O)C2CCCC2C)cn1. The lowest BCUT2D eigenvalue weighted by Gasteiger charge is -2.13. The summed E-state index contributed by atoms with van der Waals surface area (Å²) in [7, 11) is 0. The minimum atomic E-state index is 0.231. The van der Waals surface area contributed by atoms with Crippen LogP contribution in [0.15, 0.2) is 18.3 Å². The van der Waals surface area contributed by atoms with Crippen molar-refractivity contribution in [3.05, 3.63) is 29.6 Å². The summed E-state index contributed by atoms with van der Waals surface area (Å²) in [5, 5.41) is 0. The molecule has 0 bridgehead atoms. The second kappa shape index (κ2) is 4.13. The molecule has 80 valence electrons. The van der Waals surface area contributed by atoms with Gasteiger partial charge in [-0.1, -0.05) is 13.3 Å². The van der Waals surface area contributed by atoms with Gasteiger partial charge >= 0.3 is 0 Å². The van der Waals surface area contributed by atoms with Crippen molar-refractivity contribution in [1.29, 1.82) is 0 Å². The highest BCUT2D eigenvalue weighted by atomic mass is 16.1. The molecule has 1 fully saturated rings. The molecule has 1 aromatic rings. The minimum Gasteiger partial charge on any atom is -0.294 e. The predicted octanol–water partition coefficient (Wildman–Crippen LogP) is 3.01. The first-order valence-electron chi connectivity index (χ1n) is 5.65. The van der Waals surface area contributed by atoms with Crippen molar-refractivity contribution in [1.82, 2.24) is 4.98 Å². The average molecular weight is 203 g/mol. The summed E-state index contributed by atoms with van der Waals surface area (Å²) in [4.78, 5) is 16.3. The van der Waals surface area contributed by atoms with Gasteiger partial charge in [0.2, 0.25) is 0 Å². The van der Waals surface area contributed by atoms with E-state index in [1.807, 2.05) is 19.1 Å². The summed E-state index contributed by atoms with van der Waals surface area (Å²) in [6.45, 7) is 4.11. The molecule has 1 saturated carbocycles. The number of hydrogen-bond acceptors (Lipinski definition) is 2. The van der Waals surface area contributed by atoms with Crippen molar-refractivity contribution in [3.63, 3.8) is 0 Å². The number of carbonyl (C=O) groups is 1. The number of Topliss-reactive ketones (excluding diaryl/α,β-unsaturated/α-hetero) is 1. The molecule has 0 amide bonds. The Kier molecular flexibility index (Phi) is 2.85. The van der Waals surface area contributed by atoms with Crippen LogP contribution in [0.5, 0.6) is 0 Å². The Morgan fingerprint density at radius 3 is 2.73 bits per heavy atom. The monoisotopic (exact) mass is 203 g/mol. The van der Waals surface area contributed by atoms with Gasteiger partial charge in [-0.3, -0.25) is 9.78 Å². The average Bonchev–Trinajstić information content (AvgIpc) is 2.65. The number of hydrogen-bond donors (Lipinski definition) is 0. The molecule has 2 rings (SSSR count). The number of ketones is 1. The predicted molar refractivity (Wildman–Crippen MR) is 59.8 cm³/mol. The Morgan fingerprint density at radius 1 is 1.40 bits per heavy atom. The minimum absolute atomic E-state index is 0.231. The van der Waals surface area contributed by atoms with Gasteiger partial charge in [0, 0.05) is 23.4 Å². The Bertz CT molecular complexity index is 355. The molecule has 2 nitrogen and oxygen atoms in total. The van der Waals surface area contributed by atoms with E-state index in [0.717, 1.165) is 17.7 Å². The van der Waals surface area contributed by atoms with Crippen molar-refractivity contribution in [2.45, 2.75) is 33.1 Å². The standard InChI is InChI=1S/C13H17NO/c1-9-4-3-5-12(9)13(15)11-7-6-10(2)14-8-11/h6-9,12H,3-5H2,1-2H3. The highest BCUT2D eigenvalue weighted by Gasteiger charge is 2.30. The number of pyridine rings is 1. The van der Waals surface area contributed by atoms with Gasteiger partial charge in [-0.25, -0.2) is 0 Å². The van der Waals surface area contributed by atoms with Gasteiger partial charge in [-0.15, -0.1) is 0 Å². The Balaban J connectivity index is 2.17. The molecule has 15 heavy (non-hydrogen) atoms. The highest BCUT2D eigenvalue weighted by molar-refractivity contribution is 5.97. The van der Waals surface area contributed by atoms with E-state index in [1.54, 1.807) is 6.20 Å². The molecule has 1 aliphatic rings. The zero-order valence-corrected chi connectivity index (χ0v) is 9.36. The Hall–Kier alpha value is -1.18. The van der Waals surface area contributed by atoms with Crippen LogP contribution in [0.25, 0.3) is 0 Å². The lowest BCUT2D eigenvalue weighted by atomic mass is 9.90. The van der Waals surface area contributed by atoms with Crippen LogP contribution in [-0.2, 0) is 0 Å². The van der Waals surface area contributed by atoms with E-state index in [2.05, 4.69) is 11.9 Å². The van der Waals surface area contributed by atoms with E-state index in [-0.39, 0.29) is 11.7 Å². The van der Waals surface area contributed by atoms with E-state index in [1.165, 1.54) is 12.8 Å². The Morgan fingerprint density at radius 2 is 2.20 bits per heavy atom. The van der Waals surface area contributed by atoms with Crippen molar-refractivity contribution in [2.75, 3.05) is 0 Å². The topological polar surface area (TPSA) is 30.0 Å². The van der Waals surface area contributed by atoms with Gasteiger partial charge in [-0.05, 0) is 37.8 Å². The number of aryl methyl sites for hydroxylation is 1. The van der Waals surface area contributed by atoms with Crippen LogP contribution >= 0.6 is 0 Å². The van der Waals surface area contributed by atoms with E-state index in [9.17, 15) is 4.79 Å². The van der Waals surface area contributed by atoms with Crippen LogP contribution in [0.2, 0.25) is 0 Å². The normalized spacial score (nSPS) is 25.5. The van der Waals surface area contributed by atoms with Gasteiger partial charge < -0.3 is 0 Å². The van der Waals surface area contributed by atoms with E-state index in [0.29, 0.717) is 5.92 Å². The molecule has 0 aromatic carbocycles. The first-order valence-corrected chi connectivity index (χ1v) is 5.65. The number of nitrogens with zero attached hydrogens (tertiary/aromatic N) is 1. The maximum absolute atomic E-state index is 12.1. The molecule has 0 aliphatic heterocycles. The first-order chi connectivity index (χ1) is 7.18. The summed E-state index contributed by atoms with van der Waals surface area (Å²) in [6.07, 6.45) is 5.14. The van der Waals surface area contributed by atoms with Crippen LogP contribution in [0.3, 0.4) is 0 Å². The summed E-state index contributed by atoms with van der Waals surface area (Å²) in [5.74, 6) is 1.06. The fourth-order valence-corrected chi connectivity index (χ4v) is 2.36. The van der Waals surface area contributed by atoms with E-state index >= 15 is 0 Å². The molecule has 0 N–H and O–H groups in total. The van der Waals surface area contributed by atoms with Gasteiger partial charge in [0.05, 0.1) is 0 Å². The van der Waals surface area contributed by atoms with Crippen molar-refractivity contribution in [2.24, 2.45) is 11.8 Å². The molecular weight excluding hydrogens is 186 g/mol. The molecule has 1 aliphatic carbocycles. The van der Waals surface area contributed by atoms with Crippen molar-refractivity contribution < 1.29 is 4.79 Å². The van der Waals surface area contributed by atoms with Crippen molar-refractivity contribution >= 4 is 5.78 Å². The number of carbonyl (C=O) groups excluding carboxylic acids is 1. The highest BCUT2D eigenvalue weighted by Crippen LogP contribution is 2.33. The molecule has 2 heteroatoms. The fraction of sp³-hybridized carbons (Fsp3) is 0.538. The van der Waals surface area contributed by atoms with Crippen molar-refractivity contribution in [3.8, 4) is 0 Å². The molecule has 0 spiro atoms. The van der Waals surface area contributed by atoms with Crippen LogP contribution in [0.1, 0.15) is 42.2 Å². The molecule has 1 heterocycles. The summed E-state index contributed by atoms with van der Waals surface area (Å²) in [6, 6.07) is 3.81. The molecular formula is C13H17NO. The van der Waals surface area contributed by atoms with E-state index in [4.69, 9.17) is 0 Å². The van der Waals surface area contributed by atoms with Crippen LogP contribution in [0, 0.1) is 18.8 Å². The third-order valence-electron chi connectivity index (χ3n) is 3.39. The van der Waals surface area contributed by atoms with Gasteiger partial charge in [0.25, 0.3) is 0 Å². The van der Waals surface area contributed by atoms with Gasteiger partial charge in [-0.2, -0.15) is 0 Å². The molecule has 2 unspecified atom stereocenters. The first kappa shape index (κ1) is 10.3. The van der Waals surface area contributed by atoms with Gasteiger partial charge in [0.1, 0.15) is 0 Å². The van der Waals surface area contributed by atoms with Crippen LogP contribution < -0.4 is 0 Å². The fourth-order valence-electron chi connectivity index (χ4n) is 2.36. The molecule has 0 radical (unpaired) electrons. The summed E-state index contributed by atoms with van der Waals surface area (Å²) >= 11 is 0. The zero-order chi connectivity index (χ0) is 10.8. The molecule has 0 saturated heterocycles. The largest absolute Gasteiger partial charge is 0.294 e. The third-order valence-corrected chi connectivity index (χ3v) is 3.39. The second-order valence-electron chi connectivity index (χ2n) is 4.57. The van der Waals surface area contributed by atoms with Gasteiger partial charge in [0.15, 0.2) is 5.78 Å². The maximum atomic E-state index is 12.1. The van der Waals surface area contributed by atoms with E-state index < -0.39 is 0 Å². The zero-order valence-electron chi connectivity index (χ0n) is 9.36. The molecule has 1 aromatic heterocycles. The second-order valence-corrected chi connectivity index (χ2v) is 4.57. The summed E-state index contributed by atoms with van der Waals surface area (Å²) < 4.78 is 0.